The predicted molar refractivity (Wildman–Crippen MR) is 88.3 cm³/mol. The number of phenols is 1. The first kappa shape index (κ1) is 11.9. The summed E-state index contributed by atoms with van der Waals surface area (Å²) in [4.78, 5) is 11.7. The molecule has 5 atom stereocenters. The maximum atomic E-state index is 11.7. The monoisotopic (exact) mass is 317 g/mol. The molecule has 0 spiro atoms. The van der Waals surface area contributed by atoms with Crippen molar-refractivity contribution in [3.8, 4) is 5.75 Å². The molecule has 0 radical (unpaired) electrons. The predicted octanol–water partition coefficient (Wildman–Crippen LogP) is 4.18. The van der Waals surface area contributed by atoms with E-state index in [2.05, 4.69) is 0 Å². The van der Waals surface area contributed by atoms with E-state index in [0.29, 0.717) is 18.1 Å². The molecule has 4 rings (SSSR count). The van der Waals surface area contributed by atoms with Crippen LogP contribution in [0, 0.1) is 17.3 Å². The van der Waals surface area contributed by atoms with Gasteiger partial charge >= 0.3 is 5.97 Å². The third-order valence-electron chi connectivity index (χ3n) is 6.35. The Morgan fingerprint density at radius 1 is 1.43 bits per heavy atom. The van der Waals surface area contributed by atoms with Crippen molar-refractivity contribution in [3.05, 3.63) is 29.3 Å². The summed E-state index contributed by atoms with van der Waals surface area (Å²) < 4.78 is 31.2. The van der Waals surface area contributed by atoms with Crippen LogP contribution in [0.25, 0.3) is 0 Å². The molecule has 3 nitrogen and oxygen atoms in total. The fourth-order valence-corrected chi connectivity index (χ4v) is 5.25. The Hall–Kier alpha value is -1.51. The summed E-state index contributed by atoms with van der Waals surface area (Å²) >= 11 is 0. The Bertz CT molecular complexity index is 765. The standard InChI is InChI=1S/C20H26O3/c1-12(21)23-19-8-7-18-17-5-3-13-11-14(22)4-6-15(13)16(17)9-10-20(18,19)2/h4,6,11,16-19,22H,3,5,7-10H2,1-2H3/t16-,17-,18+,19+,20+/m1/s1/i8D2,19D. The zero-order valence-corrected chi connectivity index (χ0v) is 13.8. The van der Waals surface area contributed by atoms with Crippen molar-refractivity contribution in [3.63, 3.8) is 0 Å². The van der Waals surface area contributed by atoms with Crippen LogP contribution in [0.2, 0.25) is 0 Å². The molecule has 1 aromatic rings. The van der Waals surface area contributed by atoms with E-state index in [0.717, 1.165) is 19.3 Å². The highest BCUT2D eigenvalue weighted by Gasteiger charge is 2.56. The molecule has 0 bridgehead atoms. The molecule has 0 amide bonds. The third-order valence-corrected chi connectivity index (χ3v) is 6.35. The lowest BCUT2D eigenvalue weighted by Crippen LogP contribution is -2.45. The van der Waals surface area contributed by atoms with Crippen molar-refractivity contribution >= 4 is 5.97 Å². The van der Waals surface area contributed by atoms with Crippen molar-refractivity contribution in [2.75, 3.05) is 0 Å². The molecule has 3 aliphatic rings. The van der Waals surface area contributed by atoms with E-state index < -0.39 is 23.8 Å². The summed E-state index contributed by atoms with van der Waals surface area (Å²) in [6.07, 6.45) is -0.136. The summed E-state index contributed by atoms with van der Waals surface area (Å²) in [5.74, 6) is 0.323. The number of rotatable bonds is 1. The fourth-order valence-electron chi connectivity index (χ4n) is 5.25. The van der Waals surface area contributed by atoms with Gasteiger partial charge in [0.2, 0.25) is 0 Å². The van der Waals surface area contributed by atoms with Crippen LogP contribution in [0.15, 0.2) is 18.2 Å². The lowest BCUT2D eigenvalue weighted by Gasteiger charge is -2.50. The van der Waals surface area contributed by atoms with Crippen LogP contribution in [-0.2, 0) is 16.0 Å². The highest BCUT2D eigenvalue weighted by molar-refractivity contribution is 5.66. The lowest BCUT2D eigenvalue weighted by molar-refractivity contribution is -0.154. The van der Waals surface area contributed by atoms with Gasteiger partial charge in [0.05, 0.1) is 1.37 Å². The minimum Gasteiger partial charge on any atom is -0.508 e. The molecule has 0 saturated heterocycles. The Morgan fingerprint density at radius 3 is 3.04 bits per heavy atom. The van der Waals surface area contributed by atoms with Gasteiger partial charge in [0, 0.05) is 15.1 Å². The van der Waals surface area contributed by atoms with Crippen LogP contribution >= 0.6 is 0 Å². The van der Waals surface area contributed by atoms with E-state index in [1.54, 1.807) is 6.07 Å². The second-order valence-corrected chi connectivity index (χ2v) is 7.56. The molecule has 1 N–H and O–H groups in total. The van der Waals surface area contributed by atoms with Crippen molar-refractivity contribution < 1.29 is 18.8 Å². The van der Waals surface area contributed by atoms with E-state index in [4.69, 9.17) is 8.85 Å². The average molecular weight is 317 g/mol. The summed E-state index contributed by atoms with van der Waals surface area (Å²) in [6, 6.07) is 5.59. The van der Waals surface area contributed by atoms with Crippen LogP contribution in [0.5, 0.6) is 5.75 Å². The smallest absolute Gasteiger partial charge is 0.302 e. The Labute approximate surface area is 142 Å². The summed E-state index contributed by atoms with van der Waals surface area (Å²) in [6.45, 7) is 3.21. The summed E-state index contributed by atoms with van der Waals surface area (Å²) in [7, 11) is 0. The third kappa shape index (κ3) is 2.28. The maximum absolute atomic E-state index is 11.7. The highest BCUT2D eigenvalue weighted by atomic mass is 16.5. The molecular weight excluding hydrogens is 288 g/mol. The number of aromatic hydroxyl groups is 1. The molecule has 3 heteroatoms. The van der Waals surface area contributed by atoms with Crippen molar-refractivity contribution in [1.82, 2.24) is 0 Å². The van der Waals surface area contributed by atoms with E-state index in [9.17, 15) is 9.90 Å². The van der Waals surface area contributed by atoms with Gasteiger partial charge in [-0.2, -0.15) is 0 Å². The second-order valence-electron chi connectivity index (χ2n) is 7.56. The zero-order chi connectivity index (χ0) is 18.9. The first-order valence-corrected chi connectivity index (χ1v) is 8.60. The molecule has 3 aliphatic carbocycles. The largest absolute Gasteiger partial charge is 0.508 e. The van der Waals surface area contributed by atoms with Gasteiger partial charge in [0.15, 0.2) is 0 Å². The van der Waals surface area contributed by atoms with Gasteiger partial charge in [-0.05, 0) is 79.5 Å². The summed E-state index contributed by atoms with van der Waals surface area (Å²) in [5.41, 5.74) is 1.77. The number of esters is 1. The molecule has 0 aromatic heterocycles. The second kappa shape index (κ2) is 5.25. The minimum atomic E-state index is -1.86. The number of hydrogen-bond acceptors (Lipinski definition) is 3. The SMILES string of the molecule is [2H]C1([2H])C[C@H]2[C@@H]3CCc4cc(O)ccc4[C@H]3CC[C@]2(C)[C@@]1([2H])OC(C)=O. The van der Waals surface area contributed by atoms with Gasteiger partial charge in [0.1, 0.15) is 11.8 Å². The number of fused-ring (bicyclic) bond motifs is 5. The Kier molecular flexibility index (Phi) is 2.73. The van der Waals surface area contributed by atoms with Crippen LogP contribution in [0.4, 0.5) is 0 Å². The molecular formula is C20H26O3. The van der Waals surface area contributed by atoms with E-state index >= 15 is 0 Å². The van der Waals surface area contributed by atoms with E-state index in [1.165, 1.54) is 18.1 Å². The molecule has 124 valence electrons. The number of ether oxygens (including phenoxy) is 1. The lowest BCUT2D eigenvalue weighted by atomic mass is 9.55. The fraction of sp³-hybridized carbons (Fsp3) is 0.650. The Morgan fingerprint density at radius 2 is 2.26 bits per heavy atom. The molecule has 0 unspecified atom stereocenters. The van der Waals surface area contributed by atoms with Crippen molar-refractivity contribution in [1.29, 1.82) is 0 Å². The van der Waals surface area contributed by atoms with Gasteiger partial charge in [-0.15, -0.1) is 0 Å². The molecule has 23 heavy (non-hydrogen) atoms. The first-order valence-electron chi connectivity index (χ1n) is 10.1. The van der Waals surface area contributed by atoms with Gasteiger partial charge in [-0.1, -0.05) is 13.0 Å². The molecule has 1 aromatic carbocycles. The van der Waals surface area contributed by atoms with Crippen LogP contribution in [0.1, 0.15) is 67.1 Å². The maximum Gasteiger partial charge on any atom is 0.302 e. The van der Waals surface area contributed by atoms with E-state index in [-0.39, 0.29) is 18.3 Å². The van der Waals surface area contributed by atoms with Gasteiger partial charge < -0.3 is 9.84 Å². The number of phenolic OH excluding ortho intramolecular Hbond substituents is 1. The number of aryl methyl sites for hydroxylation is 1. The number of benzene rings is 1. The van der Waals surface area contributed by atoms with Gasteiger partial charge in [-0.25, -0.2) is 0 Å². The van der Waals surface area contributed by atoms with Crippen molar-refractivity contribution in [2.45, 2.75) is 64.3 Å². The molecule has 2 fully saturated rings. The summed E-state index contributed by atoms with van der Waals surface area (Å²) in [5, 5.41) is 9.77. The Balaban J connectivity index is 1.74. The van der Waals surface area contributed by atoms with Crippen molar-refractivity contribution in [2.24, 2.45) is 17.3 Å². The average Bonchev–Trinajstić information content (AvgIpc) is 2.70. The molecule has 2 saturated carbocycles. The zero-order valence-electron chi connectivity index (χ0n) is 16.8. The van der Waals surface area contributed by atoms with Crippen LogP contribution in [-0.4, -0.2) is 17.2 Å². The normalized spacial score (nSPS) is 45.7. The number of carbonyl (C=O) groups excluding carboxylic acids is 1. The highest BCUT2D eigenvalue weighted by Crippen LogP contribution is 2.61. The van der Waals surface area contributed by atoms with E-state index in [1.807, 2.05) is 19.1 Å². The first-order chi connectivity index (χ1) is 12.1. The number of hydrogen-bond donors (Lipinski definition) is 1. The topological polar surface area (TPSA) is 46.5 Å². The van der Waals surface area contributed by atoms with Crippen LogP contribution < -0.4 is 0 Å². The van der Waals surface area contributed by atoms with Crippen LogP contribution in [0.3, 0.4) is 0 Å². The van der Waals surface area contributed by atoms with Gasteiger partial charge in [-0.3, -0.25) is 4.79 Å². The number of carbonyl (C=O) groups is 1. The minimum absolute atomic E-state index is 0.00931. The molecule has 0 aliphatic heterocycles. The quantitative estimate of drug-likeness (QED) is 0.790. The van der Waals surface area contributed by atoms with Gasteiger partial charge in [0.25, 0.3) is 0 Å². The molecule has 0 heterocycles.